The first-order chi connectivity index (χ1) is 8.93. The molecule has 0 fully saturated rings. The van der Waals surface area contributed by atoms with Gasteiger partial charge in [0.25, 0.3) is 0 Å². The van der Waals surface area contributed by atoms with Gasteiger partial charge in [0, 0.05) is 10.5 Å². The second-order valence-corrected chi connectivity index (χ2v) is 7.90. The van der Waals surface area contributed by atoms with Crippen LogP contribution >= 0.6 is 15.9 Å². The second-order valence-electron chi connectivity index (χ2n) is 4.68. The van der Waals surface area contributed by atoms with Crippen LogP contribution in [-0.2, 0) is 9.84 Å². The van der Waals surface area contributed by atoms with Gasteiger partial charge in [0.1, 0.15) is 0 Å². The van der Waals surface area contributed by atoms with Crippen molar-refractivity contribution in [2.24, 2.45) is 0 Å². The smallest absolute Gasteiger partial charge is 0.182 e. The molecule has 2 atom stereocenters. The number of rotatable bonds is 7. The van der Waals surface area contributed by atoms with Gasteiger partial charge in [-0.1, -0.05) is 35.8 Å². The molecule has 0 aliphatic rings. The number of sulfone groups is 1. The Kier molecular flexibility index (Phi) is 6.50. The average Bonchev–Trinajstić information content (AvgIpc) is 2.39. The van der Waals surface area contributed by atoms with Gasteiger partial charge in [-0.2, -0.15) is 0 Å². The number of hydrogen-bond donors (Lipinski definition) is 1. The van der Waals surface area contributed by atoms with Crippen molar-refractivity contribution < 1.29 is 8.42 Å². The Morgan fingerprint density at radius 1 is 1.32 bits per heavy atom. The van der Waals surface area contributed by atoms with Crippen LogP contribution < -0.4 is 5.32 Å². The van der Waals surface area contributed by atoms with Gasteiger partial charge in [-0.25, -0.2) is 8.42 Å². The Labute approximate surface area is 124 Å². The summed E-state index contributed by atoms with van der Waals surface area (Å²) in [7, 11) is -3.30. The number of hydrogen-bond acceptors (Lipinski definition) is 3. The molecule has 3 nitrogen and oxygen atoms in total. The van der Waals surface area contributed by atoms with Crippen molar-refractivity contribution in [2.75, 3.05) is 6.54 Å². The fraction of sp³-hybridized carbons (Fsp3) is 0.571. The largest absolute Gasteiger partial charge is 0.313 e. The zero-order chi connectivity index (χ0) is 14.5. The average molecular weight is 348 g/mol. The minimum absolute atomic E-state index is 0.0102. The summed E-state index contributed by atoms with van der Waals surface area (Å²) in [5.74, 6) is 0. The molecule has 0 radical (unpaired) electrons. The van der Waals surface area contributed by atoms with Crippen LogP contribution in [0.25, 0.3) is 0 Å². The molecule has 1 N–H and O–H groups in total. The highest BCUT2D eigenvalue weighted by Gasteiger charge is 2.29. The lowest BCUT2D eigenvalue weighted by atomic mass is 10.1. The van der Waals surface area contributed by atoms with Gasteiger partial charge in [0.05, 0.1) is 10.1 Å². The normalized spacial score (nSPS) is 15.2. The molecule has 108 valence electrons. The highest BCUT2D eigenvalue weighted by atomic mass is 79.9. The molecule has 0 saturated heterocycles. The van der Waals surface area contributed by atoms with Crippen molar-refractivity contribution in [2.45, 2.75) is 49.8 Å². The van der Waals surface area contributed by atoms with Crippen molar-refractivity contribution in [3.8, 4) is 0 Å². The van der Waals surface area contributed by atoms with E-state index in [1.165, 1.54) is 0 Å². The fourth-order valence-electron chi connectivity index (χ4n) is 2.05. The Morgan fingerprint density at radius 2 is 2.00 bits per heavy atom. The molecule has 0 amide bonds. The summed E-state index contributed by atoms with van der Waals surface area (Å²) in [6, 6.07) is 6.89. The topological polar surface area (TPSA) is 46.2 Å². The van der Waals surface area contributed by atoms with Crippen LogP contribution in [0.3, 0.4) is 0 Å². The predicted octanol–water partition coefficient (Wildman–Crippen LogP) is 3.39. The lowest BCUT2D eigenvalue weighted by Gasteiger charge is -2.24. The molecule has 1 rings (SSSR count). The molecule has 0 heterocycles. The van der Waals surface area contributed by atoms with Gasteiger partial charge in [-0.15, -0.1) is 0 Å². The summed E-state index contributed by atoms with van der Waals surface area (Å²) in [5.41, 5.74) is 0. The fourth-order valence-corrected chi connectivity index (χ4v) is 4.31. The lowest BCUT2D eigenvalue weighted by molar-refractivity contribution is 0.472. The highest BCUT2D eigenvalue weighted by molar-refractivity contribution is 9.10. The van der Waals surface area contributed by atoms with E-state index < -0.39 is 15.1 Å². The van der Waals surface area contributed by atoms with Crippen LogP contribution in [0.4, 0.5) is 0 Å². The minimum Gasteiger partial charge on any atom is -0.313 e. The third kappa shape index (κ3) is 4.29. The van der Waals surface area contributed by atoms with Crippen molar-refractivity contribution in [3.05, 3.63) is 28.7 Å². The van der Waals surface area contributed by atoms with E-state index in [2.05, 4.69) is 28.2 Å². The van der Waals surface area contributed by atoms with Gasteiger partial charge in [0.2, 0.25) is 0 Å². The predicted molar refractivity (Wildman–Crippen MR) is 83.2 cm³/mol. The molecule has 0 saturated carbocycles. The molecule has 0 bridgehead atoms. The second kappa shape index (κ2) is 7.41. The van der Waals surface area contributed by atoms with E-state index in [9.17, 15) is 8.42 Å². The first-order valence-corrected chi connectivity index (χ1v) is 9.00. The van der Waals surface area contributed by atoms with Crippen molar-refractivity contribution >= 4 is 25.8 Å². The van der Waals surface area contributed by atoms with Gasteiger partial charge >= 0.3 is 0 Å². The molecule has 0 aliphatic carbocycles. The molecule has 0 spiro atoms. The van der Waals surface area contributed by atoms with Crippen LogP contribution in [0, 0.1) is 0 Å². The zero-order valence-corrected chi connectivity index (χ0v) is 14.1. The summed E-state index contributed by atoms with van der Waals surface area (Å²) >= 11 is 3.32. The summed E-state index contributed by atoms with van der Waals surface area (Å²) in [6.45, 7) is 6.72. The summed E-state index contributed by atoms with van der Waals surface area (Å²) in [6.07, 6.45) is 1.80. The van der Waals surface area contributed by atoms with Gasteiger partial charge in [-0.05, 0) is 44.5 Å². The highest BCUT2D eigenvalue weighted by Crippen LogP contribution is 2.22. The Bertz CT molecular complexity index is 502. The summed E-state index contributed by atoms with van der Waals surface area (Å²) < 4.78 is 26.0. The first kappa shape index (κ1) is 16.7. The van der Waals surface area contributed by atoms with Gasteiger partial charge in [0.15, 0.2) is 9.84 Å². The van der Waals surface area contributed by atoms with E-state index in [0.29, 0.717) is 4.90 Å². The van der Waals surface area contributed by atoms with Crippen LogP contribution in [0.1, 0.15) is 33.6 Å². The molecular weight excluding hydrogens is 326 g/mol. The van der Waals surface area contributed by atoms with Crippen LogP contribution in [-0.4, -0.2) is 26.3 Å². The van der Waals surface area contributed by atoms with Crippen LogP contribution in [0.2, 0.25) is 0 Å². The van der Waals surface area contributed by atoms with E-state index in [1.54, 1.807) is 25.1 Å². The quantitative estimate of drug-likeness (QED) is 0.822. The van der Waals surface area contributed by atoms with Crippen LogP contribution in [0.15, 0.2) is 33.6 Å². The molecule has 5 heteroatoms. The Hall–Kier alpha value is -0.390. The van der Waals surface area contributed by atoms with E-state index in [4.69, 9.17) is 0 Å². The number of halogens is 1. The van der Waals surface area contributed by atoms with E-state index in [1.807, 2.05) is 13.0 Å². The summed E-state index contributed by atoms with van der Waals surface area (Å²) in [5, 5.41) is 2.89. The molecule has 1 aromatic carbocycles. The molecule has 0 aromatic heterocycles. The van der Waals surface area contributed by atoms with Gasteiger partial charge in [-0.3, -0.25) is 0 Å². The van der Waals surface area contributed by atoms with Crippen LogP contribution in [0.5, 0.6) is 0 Å². The molecule has 2 unspecified atom stereocenters. The minimum atomic E-state index is -3.30. The first-order valence-electron chi connectivity index (χ1n) is 6.66. The standard InChI is InChI=1S/C14H22BrNO2S/c1-4-9-16-14(5-2)11(3)19(17,18)13-8-6-7-12(15)10-13/h6-8,10-11,14,16H,4-5,9H2,1-3H3. The Balaban J connectivity index is 2.98. The number of nitrogens with one attached hydrogen (secondary N) is 1. The Morgan fingerprint density at radius 3 is 2.53 bits per heavy atom. The molecule has 1 aromatic rings. The lowest BCUT2D eigenvalue weighted by Crippen LogP contribution is -2.42. The van der Waals surface area contributed by atoms with Crippen molar-refractivity contribution in [3.63, 3.8) is 0 Å². The van der Waals surface area contributed by atoms with E-state index >= 15 is 0 Å². The molecule has 0 aliphatic heterocycles. The van der Waals surface area contributed by atoms with E-state index in [0.717, 1.165) is 23.9 Å². The third-order valence-electron chi connectivity index (χ3n) is 3.28. The SMILES string of the molecule is CCCNC(CC)C(C)S(=O)(=O)c1cccc(Br)c1. The zero-order valence-electron chi connectivity index (χ0n) is 11.7. The summed E-state index contributed by atoms with van der Waals surface area (Å²) in [4.78, 5) is 0.381. The number of benzene rings is 1. The van der Waals surface area contributed by atoms with Gasteiger partial charge < -0.3 is 5.32 Å². The van der Waals surface area contributed by atoms with Crippen molar-refractivity contribution in [1.29, 1.82) is 0 Å². The maximum absolute atomic E-state index is 12.6. The third-order valence-corrected chi connectivity index (χ3v) is 5.99. The van der Waals surface area contributed by atoms with E-state index in [-0.39, 0.29) is 6.04 Å². The maximum atomic E-state index is 12.6. The monoisotopic (exact) mass is 347 g/mol. The molecular formula is C14H22BrNO2S. The molecule has 19 heavy (non-hydrogen) atoms. The van der Waals surface area contributed by atoms with Crippen molar-refractivity contribution in [1.82, 2.24) is 5.32 Å². The maximum Gasteiger partial charge on any atom is 0.182 e.